The van der Waals surface area contributed by atoms with Crippen LogP contribution in [0.5, 0.6) is 0 Å². The Morgan fingerprint density at radius 3 is 2.24 bits per heavy atom. The van der Waals surface area contributed by atoms with Gasteiger partial charge in [-0.1, -0.05) is 29.8 Å². The summed E-state index contributed by atoms with van der Waals surface area (Å²) in [6.07, 6.45) is 1.51. The van der Waals surface area contributed by atoms with Gasteiger partial charge in [-0.2, -0.15) is 13.5 Å². The first-order valence-electron chi connectivity index (χ1n) is 8.34. The lowest BCUT2D eigenvalue weighted by Gasteiger charge is -2.20. The van der Waals surface area contributed by atoms with E-state index in [1.54, 1.807) is 19.1 Å². The van der Waals surface area contributed by atoms with Crippen molar-refractivity contribution in [1.82, 2.24) is 4.83 Å². The molecular formula is C19H25N3O2S. The van der Waals surface area contributed by atoms with Gasteiger partial charge in [0.25, 0.3) is 10.0 Å². The third-order valence-corrected chi connectivity index (χ3v) is 5.41. The Hall–Kier alpha value is -2.34. The molecule has 2 aromatic rings. The smallest absolute Gasteiger partial charge is 0.276 e. The van der Waals surface area contributed by atoms with Crippen LogP contribution >= 0.6 is 0 Å². The van der Waals surface area contributed by atoms with Crippen molar-refractivity contribution >= 4 is 21.9 Å². The molecule has 0 spiro atoms. The molecule has 1 N–H and O–H groups in total. The van der Waals surface area contributed by atoms with Gasteiger partial charge in [-0.15, -0.1) is 0 Å². The van der Waals surface area contributed by atoms with Gasteiger partial charge in [0.1, 0.15) is 0 Å². The fraction of sp³-hybridized carbons (Fsp3) is 0.316. The average Bonchev–Trinajstić information content (AvgIpc) is 2.57. The molecule has 134 valence electrons. The van der Waals surface area contributed by atoms with Crippen LogP contribution in [-0.2, 0) is 10.0 Å². The molecule has 0 aliphatic carbocycles. The van der Waals surface area contributed by atoms with Gasteiger partial charge in [0.2, 0.25) is 0 Å². The van der Waals surface area contributed by atoms with Crippen LogP contribution in [0, 0.1) is 13.8 Å². The minimum Gasteiger partial charge on any atom is -0.372 e. The van der Waals surface area contributed by atoms with Crippen molar-refractivity contribution in [2.75, 3.05) is 18.0 Å². The lowest BCUT2D eigenvalue weighted by molar-refractivity contribution is 0.584. The minimum absolute atomic E-state index is 0.243. The van der Waals surface area contributed by atoms with Crippen molar-refractivity contribution in [2.45, 2.75) is 32.6 Å². The second kappa shape index (κ2) is 8.16. The SMILES string of the molecule is CCN(CC)c1ccc(/C=N/NS(=O)(=O)c2ccc(C)cc2C)cc1. The molecule has 0 aromatic heterocycles. The predicted octanol–water partition coefficient (Wildman–Crippen LogP) is 3.46. The maximum Gasteiger partial charge on any atom is 0.276 e. The van der Waals surface area contributed by atoms with Crippen LogP contribution in [0.2, 0.25) is 0 Å². The maximum atomic E-state index is 12.3. The Morgan fingerprint density at radius 1 is 1.04 bits per heavy atom. The number of benzene rings is 2. The Balaban J connectivity index is 2.09. The first kappa shape index (κ1) is 19.0. The maximum absolute atomic E-state index is 12.3. The van der Waals surface area contributed by atoms with E-state index in [0.717, 1.165) is 29.9 Å². The second-order valence-electron chi connectivity index (χ2n) is 5.89. The van der Waals surface area contributed by atoms with Crippen LogP contribution in [0.1, 0.15) is 30.5 Å². The first-order chi connectivity index (χ1) is 11.9. The fourth-order valence-electron chi connectivity index (χ4n) is 2.68. The molecule has 0 unspecified atom stereocenters. The van der Waals surface area contributed by atoms with Gasteiger partial charge in [-0.3, -0.25) is 0 Å². The molecule has 25 heavy (non-hydrogen) atoms. The molecule has 0 bridgehead atoms. The highest BCUT2D eigenvalue weighted by Gasteiger charge is 2.15. The standard InChI is InChI=1S/C19H25N3O2S/c1-5-22(6-2)18-10-8-17(9-11-18)14-20-21-25(23,24)19-12-7-15(3)13-16(19)4/h7-14,21H,5-6H2,1-4H3/b20-14+. The summed E-state index contributed by atoms with van der Waals surface area (Å²) in [5.74, 6) is 0. The lowest BCUT2D eigenvalue weighted by Crippen LogP contribution is -2.21. The van der Waals surface area contributed by atoms with Crippen molar-refractivity contribution in [1.29, 1.82) is 0 Å². The first-order valence-corrected chi connectivity index (χ1v) is 9.82. The van der Waals surface area contributed by atoms with Crippen LogP contribution < -0.4 is 9.73 Å². The molecule has 0 heterocycles. The fourth-order valence-corrected chi connectivity index (χ4v) is 3.70. The molecule has 0 saturated heterocycles. The number of nitrogens with zero attached hydrogens (tertiary/aromatic N) is 2. The molecule has 2 rings (SSSR count). The van der Waals surface area contributed by atoms with Gasteiger partial charge in [-0.05, 0) is 57.0 Å². The molecule has 0 fully saturated rings. The van der Waals surface area contributed by atoms with E-state index in [2.05, 4.69) is 28.7 Å². The summed E-state index contributed by atoms with van der Waals surface area (Å²) in [6.45, 7) is 9.81. The molecule has 5 nitrogen and oxygen atoms in total. The number of hydrogen-bond acceptors (Lipinski definition) is 4. The van der Waals surface area contributed by atoms with Gasteiger partial charge in [0.15, 0.2) is 0 Å². The van der Waals surface area contributed by atoms with E-state index in [9.17, 15) is 8.42 Å². The molecular weight excluding hydrogens is 334 g/mol. The van der Waals surface area contributed by atoms with Crippen molar-refractivity contribution < 1.29 is 8.42 Å². The molecule has 0 aliphatic rings. The van der Waals surface area contributed by atoms with E-state index in [4.69, 9.17) is 0 Å². The largest absolute Gasteiger partial charge is 0.372 e. The van der Waals surface area contributed by atoms with Gasteiger partial charge in [0.05, 0.1) is 11.1 Å². The van der Waals surface area contributed by atoms with E-state index >= 15 is 0 Å². The van der Waals surface area contributed by atoms with Crippen molar-refractivity contribution in [2.24, 2.45) is 5.10 Å². The number of aryl methyl sites for hydroxylation is 2. The third-order valence-electron chi connectivity index (χ3n) is 4.03. The molecule has 0 amide bonds. The zero-order valence-electron chi connectivity index (χ0n) is 15.2. The summed E-state index contributed by atoms with van der Waals surface area (Å²) in [6, 6.07) is 13.1. The highest BCUT2D eigenvalue weighted by atomic mass is 32.2. The number of anilines is 1. The van der Waals surface area contributed by atoms with Crippen molar-refractivity contribution in [3.8, 4) is 0 Å². The molecule has 0 aliphatic heterocycles. The monoisotopic (exact) mass is 359 g/mol. The molecule has 6 heteroatoms. The van der Waals surface area contributed by atoms with Crippen molar-refractivity contribution in [3.05, 3.63) is 59.2 Å². The number of nitrogens with one attached hydrogen (secondary N) is 1. The summed E-state index contributed by atoms with van der Waals surface area (Å²) in [4.78, 5) is 4.76. The van der Waals surface area contributed by atoms with Gasteiger partial charge in [-0.25, -0.2) is 4.83 Å². The Bertz CT molecular complexity index is 839. The number of sulfonamides is 1. The second-order valence-corrected chi connectivity index (χ2v) is 7.51. The predicted molar refractivity (Wildman–Crippen MR) is 104 cm³/mol. The zero-order valence-corrected chi connectivity index (χ0v) is 16.0. The average molecular weight is 359 g/mol. The number of hydrazone groups is 1. The number of hydrogen-bond donors (Lipinski definition) is 1. The Morgan fingerprint density at radius 2 is 1.68 bits per heavy atom. The van der Waals surface area contributed by atoms with E-state index in [-0.39, 0.29) is 4.90 Å². The van der Waals surface area contributed by atoms with E-state index < -0.39 is 10.0 Å². The highest BCUT2D eigenvalue weighted by molar-refractivity contribution is 7.89. The Labute approximate surface area is 150 Å². The Kier molecular flexibility index (Phi) is 6.20. The highest BCUT2D eigenvalue weighted by Crippen LogP contribution is 2.16. The zero-order chi connectivity index (χ0) is 18.4. The van der Waals surface area contributed by atoms with Crippen LogP contribution in [0.15, 0.2) is 52.5 Å². The van der Waals surface area contributed by atoms with Crippen molar-refractivity contribution in [3.63, 3.8) is 0 Å². The summed E-state index contributed by atoms with van der Waals surface area (Å²) in [5.41, 5.74) is 3.69. The quantitative estimate of drug-likeness (QED) is 0.608. The van der Waals surface area contributed by atoms with E-state index in [1.165, 1.54) is 6.21 Å². The van der Waals surface area contributed by atoms with Crippen LogP contribution in [0.3, 0.4) is 0 Å². The summed E-state index contributed by atoms with van der Waals surface area (Å²) in [7, 11) is -3.66. The van der Waals surface area contributed by atoms with Gasteiger partial charge in [0, 0.05) is 18.8 Å². The molecule has 2 aromatic carbocycles. The molecule has 0 radical (unpaired) electrons. The van der Waals surface area contributed by atoms with E-state index in [0.29, 0.717) is 5.56 Å². The molecule has 0 saturated carbocycles. The normalized spacial score (nSPS) is 11.7. The topological polar surface area (TPSA) is 61.8 Å². The molecule has 0 atom stereocenters. The number of rotatable bonds is 7. The summed E-state index contributed by atoms with van der Waals surface area (Å²) >= 11 is 0. The minimum atomic E-state index is -3.66. The summed E-state index contributed by atoms with van der Waals surface area (Å²) in [5, 5.41) is 3.89. The van der Waals surface area contributed by atoms with E-state index in [1.807, 2.05) is 37.3 Å². The van der Waals surface area contributed by atoms with Crippen LogP contribution in [-0.4, -0.2) is 27.7 Å². The lowest BCUT2D eigenvalue weighted by atomic mass is 10.2. The van der Waals surface area contributed by atoms with Gasteiger partial charge >= 0.3 is 0 Å². The van der Waals surface area contributed by atoms with Crippen LogP contribution in [0.25, 0.3) is 0 Å². The van der Waals surface area contributed by atoms with Crippen LogP contribution in [0.4, 0.5) is 5.69 Å². The van der Waals surface area contributed by atoms with Gasteiger partial charge < -0.3 is 4.90 Å². The third kappa shape index (κ3) is 4.82. The summed E-state index contributed by atoms with van der Waals surface area (Å²) < 4.78 is 24.7.